The van der Waals surface area contributed by atoms with Crippen molar-refractivity contribution >= 4 is 0 Å². The Morgan fingerprint density at radius 1 is 1.00 bits per heavy atom. The summed E-state index contributed by atoms with van der Waals surface area (Å²) in [6.07, 6.45) is 7.75. The number of aliphatic hydroxyl groups excluding tert-OH is 1. The van der Waals surface area contributed by atoms with Crippen molar-refractivity contribution in [1.82, 2.24) is 0 Å². The molecule has 0 radical (unpaired) electrons. The van der Waals surface area contributed by atoms with Crippen molar-refractivity contribution in [3.63, 3.8) is 0 Å². The third-order valence-corrected chi connectivity index (χ3v) is 6.82. The number of rotatable bonds is 1. The van der Waals surface area contributed by atoms with Gasteiger partial charge in [0.25, 0.3) is 0 Å². The Morgan fingerprint density at radius 3 is 2.29 bits per heavy atom. The molecule has 98 valence electrons. The zero-order chi connectivity index (χ0) is 12.2. The van der Waals surface area contributed by atoms with Crippen molar-refractivity contribution < 1.29 is 5.11 Å². The van der Waals surface area contributed by atoms with E-state index in [1.165, 1.54) is 25.7 Å². The fourth-order valence-corrected chi connectivity index (χ4v) is 5.34. The first-order valence-electron chi connectivity index (χ1n) is 7.68. The lowest BCUT2D eigenvalue weighted by Gasteiger charge is -2.44. The molecule has 17 heavy (non-hydrogen) atoms. The van der Waals surface area contributed by atoms with Crippen molar-refractivity contribution in [3.05, 3.63) is 0 Å². The highest BCUT2D eigenvalue weighted by Gasteiger charge is 2.56. The predicted octanol–water partition coefficient (Wildman–Crippen LogP) is 3.86. The summed E-state index contributed by atoms with van der Waals surface area (Å²) < 4.78 is 0. The monoisotopic (exact) mass is 236 g/mol. The van der Waals surface area contributed by atoms with Gasteiger partial charge in [0, 0.05) is 0 Å². The fraction of sp³-hybridized carbons (Fsp3) is 1.00. The number of fused-ring (bicyclic) bond motifs is 2. The molecule has 1 N–H and O–H groups in total. The van der Waals surface area contributed by atoms with Crippen molar-refractivity contribution in [2.75, 3.05) is 0 Å². The summed E-state index contributed by atoms with van der Waals surface area (Å²) in [5.41, 5.74) is 0.578. The molecule has 0 unspecified atom stereocenters. The molecule has 0 aliphatic heterocycles. The van der Waals surface area contributed by atoms with Crippen LogP contribution in [0.5, 0.6) is 0 Å². The van der Waals surface area contributed by atoms with Gasteiger partial charge in [-0.05, 0) is 67.1 Å². The lowest BCUT2D eigenvalue weighted by Crippen LogP contribution is -2.37. The molecule has 3 aliphatic carbocycles. The van der Waals surface area contributed by atoms with Gasteiger partial charge in [0.2, 0.25) is 0 Å². The lowest BCUT2D eigenvalue weighted by molar-refractivity contribution is 0.0247. The van der Waals surface area contributed by atoms with E-state index in [9.17, 15) is 5.11 Å². The second-order valence-corrected chi connectivity index (χ2v) is 7.69. The minimum absolute atomic E-state index is 0.0104. The molecule has 0 aromatic heterocycles. The van der Waals surface area contributed by atoms with E-state index in [0.717, 1.165) is 42.4 Å². The van der Waals surface area contributed by atoms with Gasteiger partial charge >= 0.3 is 0 Å². The van der Waals surface area contributed by atoms with E-state index in [1.54, 1.807) is 0 Å². The van der Waals surface area contributed by atoms with Crippen LogP contribution in [0.15, 0.2) is 0 Å². The Hall–Kier alpha value is -0.0400. The molecule has 1 nitrogen and oxygen atoms in total. The topological polar surface area (TPSA) is 20.2 Å². The summed E-state index contributed by atoms with van der Waals surface area (Å²) in [6, 6.07) is 0. The van der Waals surface area contributed by atoms with E-state index >= 15 is 0 Å². The van der Waals surface area contributed by atoms with Gasteiger partial charge in [0.1, 0.15) is 0 Å². The normalized spacial score (nSPS) is 52.9. The second-order valence-electron chi connectivity index (χ2n) is 7.69. The maximum absolute atomic E-state index is 9.88. The molecule has 0 amide bonds. The number of aliphatic hydroxyl groups is 1. The highest BCUT2D eigenvalue weighted by Crippen LogP contribution is 2.63. The Balaban J connectivity index is 1.72. The third-order valence-electron chi connectivity index (χ3n) is 6.82. The average Bonchev–Trinajstić information content (AvgIpc) is 2.79. The highest BCUT2D eigenvalue weighted by molar-refractivity contribution is 5.05. The smallest absolute Gasteiger partial charge is 0.0543 e. The van der Waals surface area contributed by atoms with Crippen molar-refractivity contribution in [3.8, 4) is 0 Å². The molecular formula is C16H28O. The predicted molar refractivity (Wildman–Crippen MR) is 70.6 cm³/mol. The molecule has 0 heterocycles. The first kappa shape index (κ1) is 12.0. The van der Waals surface area contributed by atoms with E-state index in [2.05, 4.69) is 20.8 Å². The number of hydrogen-bond donors (Lipinski definition) is 1. The quantitative estimate of drug-likeness (QED) is 0.733. The average molecular weight is 236 g/mol. The van der Waals surface area contributed by atoms with Crippen LogP contribution >= 0.6 is 0 Å². The maximum Gasteiger partial charge on any atom is 0.0543 e. The van der Waals surface area contributed by atoms with Gasteiger partial charge in [-0.3, -0.25) is 0 Å². The fourth-order valence-electron chi connectivity index (χ4n) is 5.34. The molecule has 6 atom stereocenters. The van der Waals surface area contributed by atoms with Gasteiger partial charge in [0.15, 0.2) is 0 Å². The molecule has 0 aromatic carbocycles. The van der Waals surface area contributed by atoms with Crippen LogP contribution in [0.1, 0.15) is 59.3 Å². The Labute approximate surface area is 106 Å². The van der Waals surface area contributed by atoms with Gasteiger partial charge in [-0.1, -0.05) is 27.2 Å². The maximum atomic E-state index is 9.88. The van der Waals surface area contributed by atoms with Crippen LogP contribution in [0.2, 0.25) is 0 Å². The van der Waals surface area contributed by atoms with E-state index in [-0.39, 0.29) is 6.10 Å². The summed E-state index contributed by atoms with van der Waals surface area (Å²) in [4.78, 5) is 0. The molecule has 0 aromatic rings. The third kappa shape index (κ3) is 1.77. The van der Waals surface area contributed by atoms with Crippen LogP contribution in [0.3, 0.4) is 0 Å². The highest BCUT2D eigenvalue weighted by atomic mass is 16.3. The van der Waals surface area contributed by atoms with Gasteiger partial charge in [-0.15, -0.1) is 0 Å². The summed E-state index contributed by atoms with van der Waals surface area (Å²) in [5.74, 6) is 4.60. The largest absolute Gasteiger partial charge is 0.393 e. The summed E-state index contributed by atoms with van der Waals surface area (Å²) in [7, 11) is 0. The van der Waals surface area contributed by atoms with Gasteiger partial charge in [-0.25, -0.2) is 0 Å². The van der Waals surface area contributed by atoms with E-state index in [1.807, 2.05) is 0 Å². The van der Waals surface area contributed by atoms with Crippen LogP contribution in [0.25, 0.3) is 0 Å². The molecule has 3 saturated carbocycles. The van der Waals surface area contributed by atoms with Crippen molar-refractivity contribution in [1.29, 1.82) is 0 Å². The number of hydrogen-bond acceptors (Lipinski definition) is 1. The Morgan fingerprint density at radius 2 is 1.71 bits per heavy atom. The minimum Gasteiger partial charge on any atom is -0.393 e. The lowest BCUT2D eigenvalue weighted by atomic mass is 9.62. The molecule has 3 aliphatic rings. The van der Waals surface area contributed by atoms with Crippen LogP contribution in [-0.4, -0.2) is 11.2 Å². The molecular weight excluding hydrogens is 208 g/mol. The van der Waals surface area contributed by atoms with Crippen molar-refractivity contribution in [2.24, 2.45) is 35.0 Å². The van der Waals surface area contributed by atoms with Gasteiger partial charge in [-0.2, -0.15) is 0 Å². The van der Waals surface area contributed by atoms with Crippen LogP contribution < -0.4 is 0 Å². The molecule has 2 bridgehead atoms. The molecule has 0 saturated heterocycles. The Kier molecular flexibility index (Phi) is 2.81. The molecule has 1 heteroatoms. The van der Waals surface area contributed by atoms with Crippen LogP contribution in [-0.2, 0) is 0 Å². The zero-order valence-corrected chi connectivity index (χ0v) is 11.7. The van der Waals surface area contributed by atoms with E-state index in [4.69, 9.17) is 0 Å². The summed E-state index contributed by atoms with van der Waals surface area (Å²) in [6.45, 7) is 7.44. The summed E-state index contributed by atoms with van der Waals surface area (Å²) in [5, 5.41) is 9.88. The first-order chi connectivity index (χ1) is 8.00. The zero-order valence-electron chi connectivity index (χ0n) is 11.7. The first-order valence-corrected chi connectivity index (χ1v) is 7.68. The molecule has 0 spiro atoms. The molecule has 3 fully saturated rings. The molecule has 3 rings (SSSR count). The van der Waals surface area contributed by atoms with E-state index in [0.29, 0.717) is 5.41 Å². The van der Waals surface area contributed by atoms with Gasteiger partial charge < -0.3 is 5.11 Å². The van der Waals surface area contributed by atoms with Gasteiger partial charge in [0.05, 0.1) is 6.10 Å². The SMILES string of the molecule is C[C@H]1[C@H]2C[C@H](C[C@@H]2[C@@H]2CCC[C@H](O)C2)C1(C)C. The van der Waals surface area contributed by atoms with E-state index < -0.39 is 0 Å². The minimum atomic E-state index is 0.0104. The summed E-state index contributed by atoms with van der Waals surface area (Å²) >= 11 is 0. The standard InChI is InChI=1S/C16H28O/c1-10-14-8-12(16(10,2)3)9-15(14)11-5-4-6-13(17)7-11/h10-15,17H,4-9H2,1-3H3/t10-,11+,12+,13-,14+,15+/m0/s1. The van der Waals surface area contributed by atoms with Crippen LogP contribution in [0, 0.1) is 35.0 Å². The Bertz CT molecular complexity index is 292. The second kappa shape index (κ2) is 3.98. The van der Waals surface area contributed by atoms with Crippen LogP contribution in [0.4, 0.5) is 0 Å². The van der Waals surface area contributed by atoms with Crippen molar-refractivity contribution in [2.45, 2.75) is 65.4 Å².